The molecule has 0 bridgehead atoms. The van der Waals surface area contributed by atoms with Crippen LogP contribution in [0.25, 0.3) is 0 Å². The average molecular weight is 419 g/mol. The summed E-state index contributed by atoms with van der Waals surface area (Å²) in [5.41, 5.74) is 4.71. The van der Waals surface area contributed by atoms with Crippen LogP contribution in [-0.4, -0.2) is 27.4 Å². The molecule has 2 aliphatic rings. The number of sulfonamides is 1. The van der Waals surface area contributed by atoms with E-state index in [1.165, 1.54) is 21.5 Å². The molecule has 1 unspecified atom stereocenters. The smallest absolute Gasteiger partial charge is 0.264 e. The molecule has 1 aliphatic heterocycles. The number of amides is 1. The second kappa shape index (κ2) is 7.29. The van der Waals surface area contributed by atoms with E-state index in [2.05, 4.69) is 17.4 Å². The van der Waals surface area contributed by atoms with Gasteiger partial charge in [-0.05, 0) is 53.8 Å². The lowest BCUT2D eigenvalue weighted by molar-refractivity contribution is 0.0950. The number of nitrogens with zero attached hydrogens (tertiary/aromatic N) is 1. The van der Waals surface area contributed by atoms with E-state index in [4.69, 9.17) is 0 Å². The van der Waals surface area contributed by atoms with Crippen molar-refractivity contribution in [1.82, 2.24) is 5.32 Å². The van der Waals surface area contributed by atoms with Crippen LogP contribution in [0.3, 0.4) is 0 Å². The molecule has 5 rings (SSSR count). The highest BCUT2D eigenvalue weighted by atomic mass is 32.2. The molecule has 1 heterocycles. The van der Waals surface area contributed by atoms with Crippen molar-refractivity contribution >= 4 is 21.6 Å². The van der Waals surface area contributed by atoms with Crippen molar-refractivity contribution in [2.45, 2.75) is 23.7 Å². The molecule has 1 amide bonds. The van der Waals surface area contributed by atoms with Gasteiger partial charge in [0.05, 0.1) is 10.6 Å². The maximum atomic E-state index is 13.2. The molecule has 3 aromatic rings. The number of rotatable bonds is 5. The van der Waals surface area contributed by atoms with Gasteiger partial charge in [0.25, 0.3) is 15.9 Å². The van der Waals surface area contributed by atoms with Crippen molar-refractivity contribution in [2.24, 2.45) is 0 Å². The summed E-state index contributed by atoms with van der Waals surface area (Å²) in [7, 11) is -3.72. The Labute approximate surface area is 176 Å². The van der Waals surface area contributed by atoms with Gasteiger partial charge in [-0.3, -0.25) is 9.10 Å². The molecule has 0 fully saturated rings. The Hall–Kier alpha value is -3.12. The van der Waals surface area contributed by atoms with Gasteiger partial charge in [0, 0.05) is 24.6 Å². The van der Waals surface area contributed by atoms with Gasteiger partial charge >= 0.3 is 0 Å². The van der Waals surface area contributed by atoms with Crippen LogP contribution in [0, 0.1) is 0 Å². The summed E-state index contributed by atoms with van der Waals surface area (Å²) < 4.78 is 27.9. The molecule has 0 saturated heterocycles. The Balaban J connectivity index is 1.32. The third-order valence-corrected chi connectivity index (χ3v) is 7.81. The van der Waals surface area contributed by atoms with Gasteiger partial charge in [-0.2, -0.15) is 0 Å². The molecular weight excluding hydrogens is 396 g/mol. The first-order chi connectivity index (χ1) is 14.5. The van der Waals surface area contributed by atoms with Gasteiger partial charge in [0.15, 0.2) is 0 Å². The average Bonchev–Trinajstić information content (AvgIpc) is 3.19. The lowest BCUT2D eigenvalue weighted by atomic mass is 9.77. The molecule has 3 aromatic carbocycles. The highest BCUT2D eigenvalue weighted by Gasteiger charge is 2.31. The predicted octanol–water partition coefficient (Wildman–Crippen LogP) is 3.51. The molecule has 0 saturated carbocycles. The van der Waals surface area contributed by atoms with E-state index in [0.29, 0.717) is 31.0 Å². The van der Waals surface area contributed by atoms with E-state index < -0.39 is 10.0 Å². The van der Waals surface area contributed by atoms with Gasteiger partial charge in [0.2, 0.25) is 0 Å². The van der Waals surface area contributed by atoms with Crippen LogP contribution in [0.2, 0.25) is 0 Å². The molecule has 30 heavy (non-hydrogen) atoms. The fourth-order valence-electron chi connectivity index (χ4n) is 4.35. The molecule has 152 valence electrons. The molecule has 6 heteroatoms. The summed E-state index contributed by atoms with van der Waals surface area (Å²) in [6, 6.07) is 22.1. The lowest BCUT2D eigenvalue weighted by Gasteiger charge is -2.30. The van der Waals surface area contributed by atoms with Gasteiger partial charge < -0.3 is 5.32 Å². The second-order valence-corrected chi connectivity index (χ2v) is 9.66. The van der Waals surface area contributed by atoms with Crippen LogP contribution in [0.15, 0.2) is 77.7 Å². The van der Waals surface area contributed by atoms with Crippen molar-refractivity contribution in [3.05, 3.63) is 95.1 Å². The molecule has 0 radical (unpaired) electrons. The summed E-state index contributed by atoms with van der Waals surface area (Å²) in [5.74, 6) is 0.0661. The first-order valence-corrected chi connectivity index (χ1v) is 11.5. The number of anilines is 1. The fourth-order valence-corrected chi connectivity index (χ4v) is 5.90. The van der Waals surface area contributed by atoms with Gasteiger partial charge in [-0.25, -0.2) is 8.42 Å². The minimum atomic E-state index is -3.72. The largest absolute Gasteiger partial charge is 0.351 e. The number of para-hydroxylation sites is 1. The minimum Gasteiger partial charge on any atom is -0.351 e. The number of hydrogen-bond donors (Lipinski definition) is 1. The Morgan fingerprint density at radius 3 is 2.57 bits per heavy atom. The van der Waals surface area contributed by atoms with E-state index in [1.807, 2.05) is 36.4 Å². The Morgan fingerprint density at radius 1 is 0.967 bits per heavy atom. The highest BCUT2D eigenvalue weighted by molar-refractivity contribution is 7.92. The Bertz CT molecular complexity index is 1240. The van der Waals surface area contributed by atoms with Crippen molar-refractivity contribution in [3.63, 3.8) is 0 Å². The Kier molecular flexibility index (Phi) is 4.59. The molecule has 0 spiro atoms. The Morgan fingerprint density at radius 2 is 1.73 bits per heavy atom. The van der Waals surface area contributed by atoms with Crippen molar-refractivity contribution in [3.8, 4) is 0 Å². The van der Waals surface area contributed by atoms with E-state index in [0.717, 1.165) is 17.7 Å². The van der Waals surface area contributed by atoms with E-state index in [1.54, 1.807) is 18.2 Å². The molecule has 1 aliphatic carbocycles. The molecule has 5 nitrogen and oxygen atoms in total. The number of benzene rings is 3. The third kappa shape index (κ3) is 3.17. The monoisotopic (exact) mass is 418 g/mol. The SMILES string of the molecule is O=C(NCC1Cc2ccccc21)c1cccc(S(=O)(=O)N2CCc3ccccc32)c1. The number of carbonyl (C=O) groups excluding carboxylic acids is 1. The van der Waals surface area contributed by atoms with Crippen LogP contribution in [0.4, 0.5) is 5.69 Å². The van der Waals surface area contributed by atoms with Crippen LogP contribution < -0.4 is 9.62 Å². The third-order valence-electron chi connectivity index (χ3n) is 6.00. The number of fused-ring (bicyclic) bond motifs is 2. The molecule has 1 N–H and O–H groups in total. The number of carbonyl (C=O) groups is 1. The van der Waals surface area contributed by atoms with Crippen LogP contribution >= 0.6 is 0 Å². The maximum absolute atomic E-state index is 13.2. The van der Waals surface area contributed by atoms with Crippen molar-refractivity contribution in [1.29, 1.82) is 0 Å². The molecule has 0 aromatic heterocycles. The van der Waals surface area contributed by atoms with Gasteiger partial charge in [-0.1, -0.05) is 48.5 Å². The normalized spacial score (nSPS) is 17.1. The summed E-state index contributed by atoms with van der Waals surface area (Å²) in [6.07, 6.45) is 1.65. The molecule has 1 atom stereocenters. The minimum absolute atomic E-state index is 0.140. The summed E-state index contributed by atoms with van der Waals surface area (Å²) >= 11 is 0. The fraction of sp³-hybridized carbons (Fsp3) is 0.208. The van der Waals surface area contributed by atoms with Gasteiger partial charge in [-0.15, -0.1) is 0 Å². The summed E-state index contributed by atoms with van der Waals surface area (Å²) in [4.78, 5) is 12.8. The van der Waals surface area contributed by atoms with Crippen molar-refractivity contribution < 1.29 is 13.2 Å². The van der Waals surface area contributed by atoms with Crippen LogP contribution in [0.5, 0.6) is 0 Å². The zero-order valence-electron chi connectivity index (χ0n) is 16.4. The quantitative estimate of drug-likeness (QED) is 0.690. The van der Waals surface area contributed by atoms with Crippen LogP contribution in [0.1, 0.15) is 33.0 Å². The molecular formula is C24H22N2O3S. The maximum Gasteiger partial charge on any atom is 0.264 e. The van der Waals surface area contributed by atoms with Crippen molar-refractivity contribution in [2.75, 3.05) is 17.4 Å². The second-order valence-electron chi connectivity index (χ2n) is 7.79. The summed E-state index contributed by atoms with van der Waals surface area (Å²) in [5, 5.41) is 2.96. The standard InChI is InChI=1S/C24H22N2O3S/c27-24(25-16-20-14-18-7-1-3-10-22(18)20)19-8-5-9-21(15-19)30(28,29)26-13-12-17-6-2-4-11-23(17)26/h1-11,15,20H,12-14,16H2,(H,25,27). The first kappa shape index (κ1) is 18.9. The van der Waals surface area contributed by atoms with Gasteiger partial charge in [0.1, 0.15) is 0 Å². The first-order valence-electron chi connectivity index (χ1n) is 10.1. The zero-order valence-corrected chi connectivity index (χ0v) is 17.2. The predicted molar refractivity (Wildman–Crippen MR) is 116 cm³/mol. The topological polar surface area (TPSA) is 66.5 Å². The van der Waals surface area contributed by atoms with Crippen LogP contribution in [-0.2, 0) is 22.9 Å². The number of hydrogen-bond acceptors (Lipinski definition) is 3. The zero-order chi connectivity index (χ0) is 20.7. The van der Waals surface area contributed by atoms with E-state index in [-0.39, 0.29) is 10.8 Å². The van der Waals surface area contributed by atoms with E-state index >= 15 is 0 Å². The number of nitrogens with one attached hydrogen (secondary N) is 1. The van der Waals surface area contributed by atoms with E-state index in [9.17, 15) is 13.2 Å². The lowest BCUT2D eigenvalue weighted by Crippen LogP contribution is -2.33. The summed E-state index contributed by atoms with van der Waals surface area (Å²) in [6.45, 7) is 0.964. The highest BCUT2D eigenvalue weighted by Crippen LogP contribution is 2.34.